The topological polar surface area (TPSA) is 29.1 Å². The number of anilines is 1. The standard InChI is InChI=1S/C20H14F3NO/c21-16-12-18(23)17(22)10-14(16)11-20(25)24-19-9-5-4-8-15(19)13-6-2-1-3-7-13/h1-10,12H,11H2,(H,24,25). The molecule has 126 valence electrons. The molecule has 0 heterocycles. The molecule has 0 saturated heterocycles. The van der Waals surface area contributed by atoms with Gasteiger partial charge >= 0.3 is 0 Å². The molecular weight excluding hydrogens is 327 g/mol. The van der Waals surface area contributed by atoms with Crippen LogP contribution in [0.4, 0.5) is 18.9 Å². The number of hydrogen-bond donors (Lipinski definition) is 1. The fourth-order valence-electron chi connectivity index (χ4n) is 2.53. The maximum Gasteiger partial charge on any atom is 0.228 e. The van der Waals surface area contributed by atoms with Gasteiger partial charge in [0, 0.05) is 22.9 Å². The highest BCUT2D eigenvalue weighted by atomic mass is 19.2. The molecule has 3 rings (SSSR count). The fraction of sp³-hybridized carbons (Fsp3) is 0.0500. The van der Waals surface area contributed by atoms with Crippen molar-refractivity contribution in [3.05, 3.63) is 89.7 Å². The molecule has 0 aliphatic carbocycles. The molecule has 3 aromatic carbocycles. The van der Waals surface area contributed by atoms with E-state index in [4.69, 9.17) is 0 Å². The Bertz CT molecular complexity index is 910. The zero-order valence-electron chi connectivity index (χ0n) is 13.1. The first kappa shape index (κ1) is 16.8. The molecule has 1 amide bonds. The molecule has 0 aromatic heterocycles. The number of para-hydroxylation sites is 1. The summed E-state index contributed by atoms with van der Waals surface area (Å²) in [6.07, 6.45) is -0.397. The highest BCUT2D eigenvalue weighted by Crippen LogP contribution is 2.27. The van der Waals surface area contributed by atoms with Crippen molar-refractivity contribution in [2.75, 3.05) is 5.32 Å². The molecule has 0 atom stereocenters. The Labute approximate surface area is 142 Å². The summed E-state index contributed by atoms with van der Waals surface area (Å²) in [5, 5.41) is 2.70. The SMILES string of the molecule is O=C(Cc1cc(F)c(F)cc1F)Nc1ccccc1-c1ccccc1. The number of benzene rings is 3. The van der Waals surface area contributed by atoms with Crippen LogP contribution in [0.3, 0.4) is 0 Å². The molecule has 0 aliphatic heterocycles. The van der Waals surface area contributed by atoms with Gasteiger partial charge in [-0.2, -0.15) is 0 Å². The van der Waals surface area contributed by atoms with E-state index < -0.39 is 29.8 Å². The fourth-order valence-corrected chi connectivity index (χ4v) is 2.53. The Kier molecular flexibility index (Phi) is 4.84. The van der Waals surface area contributed by atoms with Crippen molar-refractivity contribution >= 4 is 11.6 Å². The minimum atomic E-state index is -1.28. The molecule has 0 radical (unpaired) electrons. The van der Waals surface area contributed by atoms with Gasteiger partial charge in [-0.1, -0.05) is 48.5 Å². The van der Waals surface area contributed by atoms with Crippen LogP contribution in [0, 0.1) is 17.5 Å². The monoisotopic (exact) mass is 341 g/mol. The van der Waals surface area contributed by atoms with E-state index in [0.717, 1.165) is 11.1 Å². The zero-order chi connectivity index (χ0) is 17.8. The summed E-state index contributed by atoms with van der Waals surface area (Å²) in [4.78, 5) is 12.2. The Hall–Kier alpha value is -3.08. The van der Waals surface area contributed by atoms with E-state index in [1.165, 1.54) is 0 Å². The average Bonchev–Trinajstić information content (AvgIpc) is 2.61. The van der Waals surface area contributed by atoms with Gasteiger partial charge in [0.2, 0.25) is 5.91 Å². The van der Waals surface area contributed by atoms with Gasteiger partial charge in [-0.15, -0.1) is 0 Å². The summed E-state index contributed by atoms with van der Waals surface area (Å²) >= 11 is 0. The number of hydrogen-bond acceptors (Lipinski definition) is 1. The summed E-state index contributed by atoms with van der Waals surface area (Å²) in [6.45, 7) is 0. The summed E-state index contributed by atoms with van der Waals surface area (Å²) in [5.41, 5.74) is 2.08. The van der Waals surface area contributed by atoms with E-state index in [1.807, 2.05) is 42.5 Å². The Balaban J connectivity index is 1.82. The van der Waals surface area contributed by atoms with Crippen LogP contribution in [0.25, 0.3) is 11.1 Å². The second-order valence-electron chi connectivity index (χ2n) is 5.49. The van der Waals surface area contributed by atoms with Gasteiger partial charge in [-0.3, -0.25) is 4.79 Å². The minimum absolute atomic E-state index is 0.200. The van der Waals surface area contributed by atoms with Gasteiger partial charge in [0.1, 0.15) is 5.82 Å². The van der Waals surface area contributed by atoms with Crippen LogP contribution in [0.15, 0.2) is 66.7 Å². The van der Waals surface area contributed by atoms with Crippen LogP contribution in [0.2, 0.25) is 0 Å². The predicted molar refractivity (Wildman–Crippen MR) is 90.5 cm³/mol. The molecule has 3 aromatic rings. The predicted octanol–water partition coefficient (Wildman–Crippen LogP) is 4.95. The molecule has 0 unspecified atom stereocenters. The molecule has 0 fully saturated rings. The van der Waals surface area contributed by atoms with Crippen molar-refractivity contribution in [2.45, 2.75) is 6.42 Å². The number of carbonyl (C=O) groups is 1. The summed E-state index contributed by atoms with van der Waals surface area (Å²) in [5.74, 6) is -3.94. The third kappa shape index (κ3) is 3.88. The van der Waals surface area contributed by atoms with Crippen LogP contribution >= 0.6 is 0 Å². The lowest BCUT2D eigenvalue weighted by molar-refractivity contribution is -0.115. The molecule has 0 saturated carbocycles. The quantitative estimate of drug-likeness (QED) is 0.668. The van der Waals surface area contributed by atoms with Crippen molar-refractivity contribution in [3.8, 4) is 11.1 Å². The minimum Gasteiger partial charge on any atom is -0.325 e. The maximum absolute atomic E-state index is 13.7. The van der Waals surface area contributed by atoms with Crippen molar-refractivity contribution in [2.24, 2.45) is 0 Å². The smallest absolute Gasteiger partial charge is 0.228 e. The Morgan fingerprint density at radius 3 is 2.20 bits per heavy atom. The highest BCUT2D eigenvalue weighted by Gasteiger charge is 2.14. The number of amides is 1. The lowest BCUT2D eigenvalue weighted by Gasteiger charge is -2.12. The van der Waals surface area contributed by atoms with Crippen molar-refractivity contribution in [1.29, 1.82) is 0 Å². The molecule has 0 aliphatic rings. The first-order valence-electron chi connectivity index (χ1n) is 7.62. The molecule has 1 N–H and O–H groups in total. The first-order valence-corrected chi connectivity index (χ1v) is 7.62. The van der Waals surface area contributed by atoms with Gasteiger partial charge in [-0.25, -0.2) is 13.2 Å². The molecule has 25 heavy (non-hydrogen) atoms. The molecular formula is C20H14F3NO. The Morgan fingerprint density at radius 2 is 1.44 bits per heavy atom. The molecule has 2 nitrogen and oxygen atoms in total. The number of rotatable bonds is 4. The normalized spacial score (nSPS) is 10.5. The third-order valence-electron chi connectivity index (χ3n) is 3.73. The van der Waals surface area contributed by atoms with E-state index >= 15 is 0 Å². The largest absolute Gasteiger partial charge is 0.325 e. The summed E-state index contributed by atoms with van der Waals surface area (Å²) < 4.78 is 39.9. The van der Waals surface area contributed by atoms with Crippen molar-refractivity contribution in [3.63, 3.8) is 0 Å². The number of carbonyl (C=O) groups excluding carboxylic acids is 1. The molecule has 5 heteroatoms. The lowest BCUT2D eigenvalue weighted by Crippen LogP contribution is -2.16. The van der Waals surface area contributed by atoms with Crippen LogP contribution in [0.5, 0.6) is 0 Å². The van der Waals surface area contributed by atoms with Gasteiger partial charge in [0.05, 0.1) is 6.42 Å². The Morgan fingerprint density at radius 1 is 0.800 bits per heavy atom. The van der Waals surface area contributed by atoms with Crippen LogP contribution in [-0.2, 0) is 11.2 Å². The third-order valence-corrected chi connectivity index (χ3v) is 3.73. The summed E-state index contributed by atoms with van der Waals surface area (Å²) in [7, 11) is 0. The van der Waals surface area contributed by atoms with Crippen LogP contribution in [-0.4, -0.2) is 5.91 Å². The zero-order valence-corrected chi connectivity index (χ0v) is 13.1. The number of halogens is 3. The second kappa shape index (κ2) is 7.21. The molecule has 0 spiro atoms. The van der Waals surface area contributed by atoms with E-state index in [-0.39, 0.29) is 5.56 Å². The van der Waals surface area contributed by atoms with Crippen LogP contribution in [0.1, 0.15) is 5.56 Å². The van der Waals surface area contributed by atoms with Gasteiger partial charge in [0.25, 0.3) is 0 Å². The summed E-state index contributed by atoms with van der Waals surface area (Å²) in [6, 6.07) is 17.8. The first-order chi connectivity index (χ1) is 12.0. The van der Waals surface area contributed by atoms with Gasteiger partial charge in [-0.05, 0) is 17.7 Å². The van der Waals surface area contributed by atoms with Gasteiger partial charge in [0.15, 0.2) is 11.6 Å². The van der Waals surface area contributed by atoms with Gasteiger partial charge < -0.3 is 5.32 Å². The van der Waals surface area contributed by atoms with Crippen molar-refractivity contribution in [1.82, 2.24) is 0 Å². The van der Waals surface area contributed by atoms with Crippen molar-refractivity contribution < 1.29 is 18.0 Å². The second-order valence-corrected chi connectivity index (χ2v) is 5.49. The average molecular weight is 341 g/mol. The molecule has 0 bridgehead atoms. The van der Waals surface area contributed by atoms with E-state index in [2.05, 4.69) is 5.32 Å². The highest BCUT2D eigenvalue weighted by molar-refractivity contribution is 5.96. The lowest BCUT2D eigenvalue weighted by atomic mass is 10.0. The van der Waals surface area contributed by atoms with E-state index in [1.54, 1.807) is 12.1 Å². The van der Waals surface area contributed by atoms with E-state index in [0.29, 0.717) is 17.8 Å². The number of nitrogens with one attached hydrogen (secondary N) is 1. The van der Waals surface area contributed by atoms with Crippen LogP contribution < -0.4 is 5.32 Å². The maximum atomic E-state index is 13.7. The van der Waals surface area contributed by atoms with E-state index in [9.17, 15) is 18.0 Å².